The maximum Gasteiger partial charge on any atom is 0.485 e. The minimum Gasteiger partial charge on any atom is -0.741 e. The van der Waals surface area contributed by atoms with Crippen LogP contribution in [0.5, 0.6) is 5.75 Å². The van der Waals surface area contributed by atoms with Crippen LogP contribution in [0.25, 0.3) is 0 Å². The Morgan fingerprint density at radius 3 is 1.87 bits per heavy atom. The van der Waals surface area contributed by atoms with Crippen LogP contribution in [0.4, 0.5) is 13.2 Å². The molecule has 1 heterocycles. The Labute approximate surface area is 198 Å². The topological polar surface area (TPSA) is 66.4 Å². The third-order valence-corrected chi connectivity index (χ3v) is 8.99. The van der Waals surface area contributed by atoms with Crippen LogP contribution in [-0.2, 0) is 21.0 Å². The number of hydrogen-bond donors (Lipinski definition) is 0. The molecular weight excluding hydrogens is 584 g/mol. The Morgan fingerprint density at radius 1 is 0.935 bits per heavy atom. The van der Waals surface area contributed by atoms with Crippen molar-refractivity contribution in [3.05, 3.63) is 70.3 Å². The highest BCUT2D eigenvalue weighted by molar-refractivity contribution is 14.1. The molecule has 4 rings (SSSR count). The van der Waals surface area contributed by atoms with E-state index in [2.05, 4.69) is 89.3 Å². The van der Waals surface area contributed by atoms with Gasteiger partial charge in [0.1, 0.15) is 10.9 Å². The summed E-state index contributed by atoms with van der Waals surface area (Å²) in [6.07, 6.45) is 0. The van der Waals surface area contributed by atoms with Gasteiger partial charge in [0.15, 0.2) is 25.7 Å². The van der Waals surface area contributed by atoms with Gasteiger partial charge in [-0.05, 0) is 59.0 Å². The zero-order chi connectivity index (χ0) is 22.8. The molecule has 4 nitrogen and oxygen atoms in total. The van der Waals surface area contributed by atoms with Crippen LogP contribution in [0.15, 0.2) is 91.2 Å². The molecule has 0 atom stereocenters. The summed E-state index contributed by atoms with van der Waals surface area (Å²) in [7, 11) is -4.47. The van der Waals surface area contributed by atoms with Gasteiger partial charge in [0.25, 0.3) is 0 Å². The zero-order valence-electron chi connectivity index (χ0n) is 15.7. The first kappa shape index (κ1) is 24.2. The molecule has 11 heteroatoms. The van der Waals surface area contributed by atoms with E-state index in [1.807, 2.05) is 11.8 Å². The van der Waals surface area contributed by atoms with Crippen molar-refractivity contribution in [2.45, 2.75) is 30.0 Å². The fourth-order valence-electron chi connectivity index (χ4n) is 2.69. The largest absolute Gasteiger partial charge is 0.741 e. The standard InChI is InChI=1S/C19H14IOS2.CHF3O3S/c1-21-14-11-10-13(20)12-19(14)23-17-8-4-2-6-15(17)22-16-7-3-5-9-18(16)23;2-1(3,4)8(5,6)7/h2-12H,1H3;(H,5,6,7)/q+1;/p-1. The van der Waals surface area contributed by atoms with Crippen molar-refractivity contribution in [3.63, 3.8) is 0 Å². The highest BCUT2D eigenvalue weighted by atomic mass is 127. The molecule has 164 valence electrons. The SMILES string of the molecule is COc1ccc(I)cc1[S+]1c2ccccc2Sc2ccccc21.O=S(=O)([O-])C(F)(F)F. The molecule has 0 radical (unpaired) electrons. The molecule has 31 heavy (non-hydrogen) atoms. The van der Waals surface area contributed by atoms with Crippen molar-refractivity contribution in [1.82, 2.24) is 0 Å². The average Bonchev–Trinajstić information content (AvgIpc) is 2.71. The highest BCUT2D eigenvalue weighted by Crippen LogP contribution is 2.49. The molecule has 0 saturated carbocycles. The first-order valence-corrected chi connectivity index (χ1v) is 13.0. The van der Waals surface area contributed by atoms with Crippen LogP contribution < -0.4 is 4.74 Å². The average molecular weight is 598 g/mol. The van der Waals surface area contributed by atoms with Gasteiger partial charge in [-0.15, -0.1) is 0 Å². The summed E-state index contributed by atoms with van der Waals surface area (Å²) < 4.78 is 65.8. The van der Waals surface area contributed by atoms with E-state index in [9.17, 15) is 13.2 Å². The van der Waals surface area contributed by atoms with Gasteiger partial charge in [0.05, 0.1) is 16.9 Å². The van der Waals surface area contributed by atoms with E-state index in [1.165, 1.54) is 28.0 Å². The molecule has 0 saturated heterocycles. The third kappa shape index (κ3) is 5.51. The Balaban J connectivity index is 0.000000293. The van der Waals surface area contributed by atoms with Gasteiger partial charge in [0, 0.05) is 9.64 Å². The van der Waals surface area contributed by atoms with Crippen LogP contribution in [-0.4, -0.2) is 25.6 Å². The smallest absolute Gasteiger partial charge is 0.485 e. The number of hydrogen-bond acceptors (Lipinski definition) is 5. The summed E-state index contributed by atoms with van der Waals surface area (Å²) in [5.41, 5.74) is -5.65. The van der Waals surface area contributed by atoms with Crippen molar-refractivity contribution < 1.29 is 30.9 Å². The maximum atomic E-state index is 10.7. The Kier molecular flexibility index (Phi) is 7.51. The Morgan fingerprint density at radius 2 is 1.42 bits per heavy atom. The molecule has 1 aliphatic rings. The van der Waals surface area contributed by atoms with Crippen molar-refractivity contribution in [1.29, 1.82) is 0 Å². The lowest BCUT2D eigenvalue weighted by Gasteiger charge is -2.19. The van der Waals surface area contributed by atoms with Crippen molar-refractivity contribution >= 4 is 55.4 Å². The van der Waals surface area contributed by atoms with Crippen molar-refractivity contribution in [2.24, 2.45) is 0 Å². The van der Waals surface area contributed by atoms with Crippen LogP contribution in [0.3, 0.4) is 0 Å². The van der Waals surface area contributed by atoms with E-state index in [-0.39, 0.29) is 10.9 Å². The van der Waals surface area contributed by atoms with Gasteiger partial charge in [-0.1, -0.05) is 36.0 Å². The number of ether oxygens (including phenoxy) is 1. The molecule has 0 bridgehead atoms. The molecule has 1 aliphatic heterocycles. The number of methoxy groups -OCH3 is 1. The second-order valence-electron chi connectivity index (χ2n) is 6.00. The molecular formula is C20H14F3IO4S3. The van der Waals surface area contributed by atoms with Gasteiger partial charge in [-0.2, -0.15) is 13.2 Å². The summed E-state index contributed by atoms with van der Waals surface area (Å²) in [5.74, 6) is 0.963. The molecule has 0 aliphatic carbocycles. The number of rotatable bonds is 2. The fraction of sp³-hybridized carbons (Fsp3) is 0.100. The number of benzene rings is 3. The first-order valence-electron chi connectivity index (χ1n) is 8.49. The van der Waals surface area contributed by atoms with Gasteiger partial charge in [-0.3, -0.25) is 0 Å². The quantitative estimate of drug-likeness (QED) is 0.124. The zero-order valence-corrected chi connectivity index (χ0v) is 20.3. The summed E-state index contributed by atoms with van der Waals surface area (Å²) >= 11 is 4.24. The first-order chi connectivity index (χ1) is 14.5. The molecule has 3 aromatic rings. The van der Waals surface area contributed by atoms with E-state index in [1.54, 1.807) is 7.11 Å². The van der Waals surface area contributed by atoms with Crippen LogP contribution in [0.2, 0.25) is 0 Å². The van der Waals surface area contributed by atoms with E-state index in [0.29, 0.717) is 0 Å². The summed E-state index contributed by atoms with van der Waals surface area (Å²) in [6.45, 7) is 0. The lowest BCUT2D eigenvalue weighted by Crippen LogP contribution is -2.21. The van der Waals surface area contributed by atoms with Crippen LogP contribution in [0.1, 0.15) is 0 Å². The fourth-order valence-corrected chi connectivity index (χ4v) is 7.29. The monoisotopic (exact) mass is 598 g/mol. The number of halogens is 4. The van der Waals surface area contributed by atoms with E-state index < -0.39 is 15.6 Å². The molecule has 0 fully saturated rings. The summed E-state index contributed by atoms with van der Waals surface area (Å²) in [5, 5.41) is 0. The van der Waals surface area contributed by atoms with Crippen molar-refractivity contribution in [2.75, 3.05) is 7.11 Å². The van der Waals surface area contributed by atoms with Crippen LogP contribution >= 0.6 is 34.4 Å². The highest BCUT2D eigenvalue weighted by Gasteiger charge is 2.40. The molecule has 0 spiro atoms. The van der Waals surface area contributed by atoms with E-state index in [0.717, 1.165) is 5.75 Å². The Hall–Kier alpha value is -1.41. The third-order valence-electron chi connectivity index (χ3n) is 3.99. The van der Waals surface area contributed by atoms with Gasteiger partial charge in [0.2, 0.25) is 4.90 Å². The second-order valence-corrected chi connectivity index (χ2v) is 11.6. The van der Waals surface area contributed by atoms with Gasteiger partial charge < -0.3 is 9.29 Å². The van der Waals surface area contributed by atoms with Crippen molar-refractivity contribution in [3.8, 4) is 5.75 Å². The Bertz CT molecular complexity index is 1150. The molecule has 3 aromatic carbocycles. The maximum absolute atomic E-state index is 10.7. The second kappa shape index (κ2) is 9.61. The minimum absolute atomic E-state index is 0.130. The van der Waals surface area contributed by atoms with Crippen LogP contribution in [0, 0.1) is 3.57 Å². The minimum atomic E-state index is -6.09. The molecule has 0 amide bonds. The number of fused-ring (bicyclic) bond motifs is 2. The predicted molar refractivity (Wildman–Crippen MR) is 121 cm³/mol. The lowest BCUT2D eigenvalue weighted by molar-refractivity contribution is -0.0517. The summed E-state index contributed by atoms with van der Waals surface area (Å²) in [6, 6.07) is 23.9. The molecule has 0 N–H and O–H groups in total. The number of alkyl halides is 3. The predicted octanol–water partition coefficient (Wildman–Crippen LogP) is 5.91. The van der Waals surface area contributed by atoms with Gasteiger partial charge in [-0.25, -0.2) is 8.42 Å². The molecule has 0 unspecified atom stereocenters. The lowest BCUT2D eigenvalue weighted by atomic mass is 10.3. The van der Waals surface area contributed by atoms with E-state index in [4.69, 9.17) is 17.7 Å². The normalized spacial score (nSPS) is 13.5. The van der Waals surface area contributed by atoms with Gasteiger partial charge >= 0.3 is 5.51 Å². The molecule has 0 aromatic heterocycles. The summed E-state index contributed by atoms with van der Waals surface area (Å²) in [4.78, 5) is 6.72. The van der Waals surface area contributed by atoms with E-state index >= 15 is 0 Å².